The third-order valence-electron chi connectivity index (χ3n) is 3.47. The van der Waals surface area contributed by atoms with Gasteiger partial charge in [0.25, 0.3) is 0 Å². The molecule has 2 rings (SSSR count). The number of ether oxygens (including phenoxy) is 1. The zero-order valence-corrected chi connectivity index (χ0v) is 12.8. The van der Waals surface area contributed by atoms with Gasteiger partial charge in [-0.3, -0.25) is 0 Å². The maximum absolute atomic E-state index is 11.7. The summed E-state index contributed by atoms with van der Waals surface area (Å²) in [4.78, 5) is 11.7. The van der Waals surface area contributed by atoms with E-state index in [1.54, 1.807) is 0 Å². The lowest BCUT2D eigenvalue weighted by Crippen LogP contribution is -2.42. The van der Waals surface area contributed by atoms with E-state index in [2.05, 4.69) is 16.0 Å². The van der Waals surface area contributed by atoms with Crippen molar-refractivity contribution in [1.82, 2.24) is 10.6 Å². The van der Waals surface area contributed by atoms with E-state index >= 15 is 0 Å². The lowest BCUT2D eigenvalue weighted by Gasteiger charge is -2.32. The van der Waals surface area contributed by atoms with Crippen molar-refractivity contribution in [2.75, 3.05) is 0 Å². The highest BCUT2D eigenvalue weighted by atomic mass is 32.2. The van der Waals surface area contributed by atoms with Crippen molar-refractivity contribution in [3.63, 3.8) is 0 Å². The van der Waals surface area contributed by atoms with Gasteiger partial charge in [0.05, 0.1) is 5.37 Å². The fourth-order valence-corrected chi connectivity index (χ4v) is 3.56. The molecule has 0 radical (unpaired) electrons. The van der Waals surface area contributed by atoms with Gasteiger partial charge in [-0.25, -0.2) is 4.79 Å². The molecule has 2 aliphatic rings. The summed E-state index contributed by atoms with van der Waals surface area (Å²) >= 11 is 1.87. The predicted octanol–water partition coefficient (Wildman–Crippen LogP) is 3.20. The van der Waals surface area contributed by atoms with E-state index in [1.807, 2.05) is 38.7 Å². The van der Waals surface area contributed by atoms with Crippen LogP contribution in [0.3, 0.4) is 0 Å². The first kappa shape index (κ1) is 14.6. The number of carbonyl (C=O) groups excluding carboxylic acids is 1. The molecule has 0 bridgehead atoms. The van der Waals surface area contributed by atoms with Gasteiger partial charge in [-0.1, -0.05) is 0 Å². The summed E-state index contributed by atoms with van der Waals surface area (Å²) in [5.74, 6) is 0.705. The summed E-state index contributed by atoms with van der Waals surface area (Å²) in [5, 5.41) is 9.02. The molecular formula is C14H24N2O2S. The van der Waals surface area contributed by atoms with Crippen LogP contribution in [-0.4, -0.2) is 23.1 Å². The average Bonchev–Trinajstić information content (AvgIpc) is 2.80. The number of hydrogen-bond donors (Lipinski definition) is 2. The zero-order chi connectivity index (χ0) is 13.9. The van der Waals surface area contributed by atoms with E-state index in [9.17, 15) is 4.79 Å². The van der Waals surface area contributed by atoms with Crippen LogP contribution in [0.5, 0.6) is 0 Å². The minimum atomic E-state index is -0.419. The van der Waals surface area contributed by atoms with Gasteiger partial charge in [0.1, 0.15) is 5.60 Å². The molecule has 0 aromatic heterocycles. The second-order valence-electron chi connectivity index (χ2n) is 6.28. The third kappa shape index (κ3) is 4.64. The smallest absolute Gasteiger partial charge is 0.407 e. The number of thioether (sulfide) groups is 1. The summed E-state index contributed by atoms with van der Waals surface area (Å²) in [6.07, 6.45) is 6.15. The minimum Gasteiger partial charge on any atom is -0.444 e. The van der Waals surface area contributed by atoms with Gasteiger partial charge in [0, 0.05) is 12.2 Å². The summed E-state index contributed by atoms with van der Waals surface area (Å²) in [5.41, 5.74) is -0.419. The number of amides is 1. The molecule has 108 valence electrons. The second kappa shape index (κ2) is 6.07. The van der Waals surface area contributed by atoms with Crippen molar-refractivity contribution in [1.29, 1.82) is 0 Å². The van der Waals surface area contributed by atoms with Crippen LogP contribution in [0.15, 0.2) is 11.6 Å². The molecule has 0 spiro atoms. The van der Waals surface area contributed by atoms with Gasteiger partial charge in [-0.15, -0.1) is 11.8 Å². The fraction of sp³-hybridized carbons (Fsp3) is 0.786. The molecule has 5 heteroatoms. The molecule has 1 aliphatic carbocycles. The maximum atomic E-state index is 11.7. The maximum Gasteiger partial charge on any atom is 0.407 e. The van der Waals surface area contributed by atoms with Gasteiger partial charge in [0.2, 0.25) is 0 Å². The summed E-state index contributed by atoms with van der Waals surface area (Å²) in [6, 6.07) is 0.269. The largest absolute Gasteiger partial charge is 0.444 e. The molecular weight excluding hydrogens is 260 g/mol. The molecule has 1 saturated carbocycles. The highest BCUT2D eigenvalue weighted by molar-refractivity contribution is 8.02. The Hall–Kier alpha value is -0.840. The van der Waals surface area contributed by atoms with Crippen LogP contribution in [0.2, 0.25) is 0 Å². The van der Waals surface area contributed by atoms with Gasteiger partial charge in [0.15, 0.2) is 0 Å². The average molecular weight is 284 g/mol. The van der Waals surface area contributed by atoms with Crippen LogP contribution in [-0.2, 0) is 4.74 Å². The van der Waals surface area contributed by atoms with E-state index in [1.165, 1.54) is 0 Å². The quantitative estimate of drug-likeness (QED) is 0.817. The molecule has 2 N–H and O–H groups in total. The Bertz CT molecular complexity index is 336. The molecule has 0 saturated heterocycles. The molecule has 19 heavy (non-hydrogen) atoms. The molecule has 1 amide bonds. The Morgan fingerprint density at radius 3 is 2.53 bits per heavy atom. The Kier molecular flexibility index (Phi) is 4.66. The number of alkyl carbamates (subject to hydrolysis) is 1. The van der Waals surface area contributed by atoms with Crippen molar-refractivity contribution in [3.8, 4) is 0 Å². The highest BCUT2D eigenvalue weighted by Gasteiger charge is 2.29. The fourth-order valence-electron chi connectivity index (χ4n) is 2.59. The molecule has 1 aliphatic heterocycles. The first-order chi connectivity index (χ1) is 8.94. The third-order valence-corrected chi connectivity index (χ3v) is 4.58. The molecule has 1 unspecified atom stereocenters. The first-order valence-electron chi connectivity index (χ1n) is 7.00. The topological polar surface area (TPSA) is 50.4 Å². The van der Waals surface area contributed by atoms with Gasteiger partial charge >= 0.3 is 6.09 Å². The van der Waals surface area contributed by atoms with Crippen molar-refractivity contribution in [3.05, 3.63) is 11.6 Å². The van der Waals surface area contributed by atoms with Crippen molar-refractivity contribution < 1.29 is 9.53 Å². The van der Waals surface area contributed by atoms with Gasteiger partial charge in [-0.2, -0.15) is 0 Å². The van der Waals surface area contributed by atoms with Crippen LogP contribution in [0.25, 0.3) is 0 Å². The summed E-state index contributed by atoms with van der Waals surface area (Å²) in [6.45, 7) is 5.67. The second-order valence-corrected chi connectivity index (χ2v) is 7.34. The van der Waals surface area contributed by atoms with Crippen LogP contribution >= 0.6 is 11.8 Å². The Balaban J connectivity index is 1.70. The van der Waals surface area contributed by atoms with E-state index < -0.39 is 5.60 Å². The minimum absolute atomic E-state index is 0.269. The first-order valence-corrected chi connectivity index (χ1v) is 7.94. The van der Waals surface area contributed by atoms with Gasteiger partial charge in [-0.05, 0) is 57.8 Å². The van der Waals surface area contributed by atoms with Crippen LogP contribution in [0.1, 0.15) is 46.5 Å². The lowest BCUT2D eigenvalue weighted by molar-refractivity contribution is 0.0487. The number of nitrogens with one attached hydrogen (secondary N) is 2. The lowest BCUT2D eigenvalue weighted by atomic mass is 9.86. The number of hydrogen-bond acceptors (Lipinski definition) is 4. The summed E-state index contributed by atoms with van der Waals surface area (Å²) in [7, 11) is 0. The molecule has 1 atom stereocenters. The molecule has 1 fully saturated rings. The summed E-state index contributed by atoms with van der Waals surface area (Å²) < 4.78 is 5.29. The zero-order valence-electron chi connectivity index (χ0n) is 11.9. The van der Waals surface area contributed by atoms with Crippen LogP contribution < -0.4 is 10.6 Å². The van der Waals surface area contributed by atoms with Crippen LogP contribution in [0.4, 0.5) is 4.79 Å². The van der Waals surface area contributed by atoms with Gasteiger partial charge < -0.3 is 15.4 Å². The molecule has 4 nitrogen and oxygen atoms in total. The number of carbonyl (C=O) groups is 1. The Morgan fingerprint density at radius 1 is 1.32 bits per heavy atom. The monoisotopic (exact) mass is 284 g/mol. The molecule has 1 heterocycles. The van der Waals surface area contributed by atoms with E-state index in [-0.39, 0.29) is 12.1 Å². The Morgan fingerprint density at radius 2 is 2.00 bits per heavy atom. The van der Waals surface area contributed by atoms with E-state index in [0.29, 0.717) is 11.3 Å². The van der Waals surface area contributed by atoms with Crippen molar-refractivity contribution >= 4 is 17.9 Å². The van der Waals surface area contributed by atoms with Crippen molar-refractivity contribution in [2.45, 2.75) is 63.5 Å². The molecule has 0 aromatic rings. The highest BCUT2D eigenvalue weighted by Crippen LogP contribution is 2.34. The Labute approximate surface area is 119 Å². The SMILES string of the molecule is CC(C)(C)OC(=O)NC1CCC(C2NC=CS2)CC1. The van der Waals surface area contributed by atoms with Crippen molar-refractivity contribution in [2.24, 2.45) is 5.92 Å². The van der Waals surface area contributed by atoms with E-state index in [0.717, 1.165) is 25.7 Å². The van der Waals surface area contributed by atoms with Crippen LogP contribution in [0, 0.1) is 5.92 Å². The van der Waals surface area contributed by atoms with E-state index in [4.69, 9.17) is 4.74 Å². The normalized spacial score (nSPS) is 30.8. The molecule has 0 aromatic carbocycles. The standard InChI is InChI=1S/C14H24N2O2S/c1-14(2,3)18-13(17)16-11-6-4-10(5-7-11)12-15-8-9-19-12/h8-12,15H,4-7H2,1-3H3,(H,16,17). The predicted molar refractivity (Wildman–Crippen MR) is 78.8 cm³/mol. The number of rotatable bonds is 2.